The number of carbonyl (C=O) groups is 1. The van der Waals surface area contributed by atoms with Crippen LogP contribution in [0.25, 0.3) is 11.3 Å². The molecule has 0 atom stereocenters. The predicted octanol–water partition coefficient (Wildman–Crippen LogP) is 5.48. The molecule has 1 heterocycles. The molecule has 0 aliphatic carbocycles. The van der Waals surface area contributed by atoms with E-state index in [1.165, 1.54) is 30.6 Å². The van der Waals surface area contributed by atoms with E-state index in [-0.39, 0.29) is 11.7 Å². The van der Waals surface area contributed by atoms with E-state index in [9.17, 15) is 18.0 Å². The Morgan fingerprint density at radius 3 is 2.04 bits per heavy atom. The normalized spacial score (nSPS) is 11.3. The van der Waals surface area contributed by atoms with Gasteiger partial charge in [-0.2, -0.15) is 0 Å². The number of carbonyl (C=O) groups excluding carboxylic acids is 1. The standard InChI is InChI=1S/C32H39F3N4O7S/c1-2-47-21-20-45-19-18-44-17-16-43-15-14-42-13-12-41-11-10-36-31(40)26-5-3-4-25(22-26)29-23-30(38-24-37-29)39-27-6-8-28(9-7-27)46-32(33,34)35/h2-9,22-24H,1,10-21H2,(H,36,40)(H,37,38,39). The molecule has 3 rings (SSSR count). The zero-order chi connectivity index (χ0) is 33.6. The molecule has 0 radical (unpaired) electrons. The second-order valence-corrected chi connectivity index (χ2v) is 10.5. The molecule has 1 amide bonds. The number of nitrogens with one attached hydrogen (secondary N) is 2. The van der Waals surface area contributed by atoms with Crippen LogP contribution in [0.1, 0.15) is 10.4 Å². The summed E-state index contributed by atoms with van der Waals surface area (Å²) in [5.41, 5.74) is 2.17. The molecule has 47 heavy (non-hydrogen) atoms. The molecule has 0 aliphatic heterocycles. The van der Waals surface area contributed by atoms with Crippen LogP contribution < -0.4 is 15.4 Å². The van der Waals surface area contributed by atoms with Crippen LogP contribution in [0.4, 0.5) is 24.7 Å². The minimum Gasteiger partial charge on any atom is -0.406 e. The van der Waals surface area contributed by atoms with Crippen LogP contribution in [0, 0.1) is 0 Å². The summed E-state index contributed by atoms with van der Waals surface area (Å²) in [4.78, 5) is 21.1. The summed E-state index contributed by atoms with van der Waals surface area (Å²) in [7, 11) is 0. The van der Waals surface area contributed by atoms with Crippen molar-refractivity contribution in [3.05, 3.63) is 78.5 Å². The topological polar surface area (TPSA) is 122 Å². The largest absolute Gasteiger partial charge is 0.573 e. The Balaban J connectivity index is 1.26. The number of nitrogens with zero attached hydrogens (tertiary/aromatic N) is 2. The first-order valence-electron chi connectivity index (χ1n) is 14.8. The van der Waals surface area contributed by atoms with Gasteiger partial charge in [-0.15, -0.1) is 24.9 Å². The van der Waals surface area contributed by atoms with Crippen molar-refractivity contribution in [1.82, 2.24) is 15.3 Å². The van der Waals surface area contributed by atoms with Gasteiger partial charge < -0.3 is 39.1 Å². The number of thioether (sulfide) groups is 1. The first kappa shape index (κ1) is 37.7. The van der Waals surface area contributed by atoms with Gasteiger partial charge >= 0.3 is 6.36 Å². The van der Waals surface area contributed by atoms with Gasteiger partial charge in [0.1, 0.15) is 17.9 Å². The first-order chi connectivity index (χ1) is 22.8. The number of hydrogen-bond donors (Lipinski definition) is 2. The highest BCUT2D eigenvalue weighted by Crippen LogP contribution is 2.26. The van der Waals surface area contributed by atoms with Gasteiger partial charge in [-0.3, -0.25) is 4.79 Å². The molecule has 0 saturated heterocycles. The fourth-order valence-corrected chi connectivity index (χ4v) is 4.18. The Labute approximate surface area is 276 Å². The van der Waals surface area contributed by atoms with E-state index < -0.39 is 6.36 Å². The lowest BCUT2D eigenvalue weighted by atomic mass is 10.1. The summed E-state index contributed by atoms with van der Waals surface area (Å²) in [5, 5.41) is 7.62. The molecule has 2 aromatic carbocycles. The molecular weight excluding hydrogens is 641 g/mol. The van der Waals surface area contributed by atoms with Crippen molar-refractivity contribution in [3.63, 3.8) is 0 Å². The number of halogens is 3. The zero-order valence-corrected chi connectivity index (χ0v) is 26.7. The van der Waals surface area contributed by atoms with Crippen molar-refractivity contribution < 1.29 is 46.4 Å². The Bertz CT molecular complexity index is 1340. The molecule has 0 saturated carbocycles. The number of hydrogen-bond acceptors (Lipinski definition) is 11. The lowest BCUT2D eigenvalue weighted by Crippen LogP contribution is -2.27. The number of rotatable bonds is 24. The molecule has 15 heteroatoms. The highest BCUT2D eigenvalue weighted by atomic mass is 32.2. The van der Waals surface area contributed by atoms with Gasteiger partial charge in [-0.25, -0.2) is 9.97 Å². The third kappa shape index (κ3) is 16.6. The maximum atomic E-state index is 12.7. The Morgan fingerprint density at radius 1 is 0.809 bits per heavy atom. The molecule has 2 N–H and O–H groups in total. The number of anilines is 2. The SMILES string of the molecule is C=CSCCOCCOCCOCCOCCOCCNC(=O)c1cccc(-c2cc(Nc3ccc(OC(F)(F)F)cc3)ncn2)c1. The van der Waals surface area contributed by atoms with E-state index in [4.69, 9.17) is 23.7 Å². The Kier molecular flexibility index (Phi) is 17.6. The summed E-state index contributed by atoms with van der Waals surface area (Å²) in [6.07, 6.45) is -3.42. The predicted molar refractivity (Wildman–Crippen MR) is 173 cm³/mol. The average molecular weight is 681 g/mol. The fourth-order valence-electron chi connectivity index (χ4n) is 3.80. The third-order valence-electron chi connectivity index (χ3n) is 5.93. The van der Waals surface area contributed by atoms with E-state index in [0.29, 0.717) is 101 Å². The number of aromatic nitrogens is 2. The summed E-state index contributed by atoms with van der Waals surface area (Å²) in [6, 6.07) is 13.9. The molecule has 0 fully saturated rings. The monoisotopic (exact) mass is 680 g/mol. The molecule has 0 bridgehead atoms. The van der Waals surface area contributed by atoms with E-state index >= 15 is 0 Å². The summed E-state index contributed by atoms with van der Waals surface area (Å²) in [5.74, 6) is 0.709. The smallest absolute Gasteiger partial charge is 0.406 e. The number of benzene rings is 2. The maximum absolute atomic E-state index is 12.7. The van der Waals surface area contributed by atoms with Crippen molar-refractivity contribution in [3.8, 4) is 17.0 Å². The van der Waals surface area contributed by atoms with E-state index in [2.05, 4.69) is 31.9 Å². The Hall–Kier alpha value is -3.73. The highest BCUT2D eigenvalue weighted by molar-refractivity contribution is 8.02. The molecule has 0 spiro atoms. The number of alkyl halides is 3. The highest BCUT2D eigenvalue weighted by Gasteiger charge is 2.30. The summed E-state index contributed by atoms with van der Waals surface area (Å²) in [6.45, 7) is 8.71. The number of amides is 1. The third-order valence-corrected chi connectivity index (χ3v) is 6.57. The van der Waals surface area contributed by atoms with Gasteiger partial charge in [0, 0.05) is 35.2 Å². The summed E-state index contributed by atoms with van der Waals surface area (Å²) < 4.78 is 68.3. The van der Waals surface area contributed by atoms with Crippen LogP contribution in [0.15, 0.2) is 72.9 Å². The molecule has 0 unspecified atom stereocenters. The molecule has 3 aromatic rings. The van der Waals surface area contributed by atoms with Crippen molar-refractivity contribution in [2.45, 2.75) is 6.36 Å². The first-order valence-corrected chi connectivity index (χ1v) is 15.8. The van der Waals surface area contributed by atoms with Crippen molar-refractivity contribution in [1.29, 1.82) is 0 Å². The molecule has 11 nitrogen and oxygen atoms in total. The lowest BCUT2D eigenvalue weighted by Gasteiger charge is -2.11. The maximum Gasteiger partial charge on any atom is 0.573 e. The molecule has 1 aromatic heterocycles. The van der Waals surface area contributed by atoms with Gasteiger partial charge in [0.25, 0.3) is 5.91 Å². The second-order valence-electron chi connectivity index (χ2n) is 9.42. The van der Waals surface area contributed by atoms with Crippen molar-refractivity contribution in [2.24, 2.45) is 0 Å². The zero-order valence-electron chi connectivity index (χ0n) is 25.8. The van der Waals surface area contributed by atoms with Gasteiger partial charge in [-0.05, 0) is 41.8 Å². The van der Waals surface area contributed by atoms with Gasteiger partial charge in [0.2, 0.25) is 0 Å². The Morgan fingerprint density at radius 2 is 1.43 bits per heavy atom. The average Bonchev–Trinajstić information content (AvgIpc) is 3.06. The van der Waals surface area contributed by atoms with Crippen LogP contribution in [0.2, 0.25) is 0 Å². The minimum atomic E-state index is -4.76. The van der Waals surface area contributed by atoms with Gasteiger partial charge in [0.15, 0.2) is 0 Å². The molecular formula is C32H39F3N4O7S. The summed E-state index contributed by atoms with van der Waals surface area (Å²) >= 11 is 1.62. The second kappa shape index (κ2) is 22.0. The van der Waals surface area contributed by atoms with E-state index in [1.807, 2.05) is 0 Å². The van der Waals surface area contributed by atoms with Crippen LogP contribution in [0.5, 0.6) is 5.75 Å². The minimum absolute atomic E-state index is 0.267. The van der Waals surface area contributed by atoms with Gasteiger partial charge in [-0.1, -0.05) is 18.7 Å². The molecule has 0 aliphatic rings. The van der Waals surface area contributed by atoms with Gasteiger partial charge in [0.05, 0.1) is 71.8 Å². The van der Waals surface area contributed by atoms with Crippen LogP contribution in [-0.4, -0.2) is 101 Å². The van der Waals surface area contributed by atoms with Crippen molar-refractivity contribution in [2.75, 3.05) is 83.7 Å². The van der Waals surface area contributed by atoms with Crippen LogP contribution in [-0.2, 0) is 23.7 Å². The number of ether oxygens (including phenoxy) is 6. The fraction of sp³-hybridized carbons (Fsp3) is 0.406. The van der Waals surface area contributed by atoms with E-state index in [1.54, 1.807) is 47.5 Å². The van der Waals surface area contributed by atoms with Crippen LogP contribution in [0.3, 0.4) is 0 Å². The van der Waals surface area contributed by atoms with E-state index in [0.717, 1.165) is 5.75 Å². The lowest BCUT2D eigenvalue weighted by molar-refractivity contribution is -0.274. The molecule has 256 valence electrons. The van der Waals surface area contributed by atoms with Crippen molar-refractivity contribution >= 4 is 29.2 Å². The van der Waals surface area contributed by atoms with Crippen LogP contribution >= 0.6 is 11.8 Å². The quantitative estimate of drug-likeness (QED) is 0.117.